The SMILES string of the molecule is Cc1ccc(C(=O)NCc2ccco2)nn1. The van der Waals surface area contributed by atoms with Crippen LogP contribution in [0.15, 0.2) is 34.9 Å². The van der Waals surface area contributed by atoms with Gasteiger partial charge in [-0.15, -0.1) is 5.10 Å². The second-order valence-electron chi connectivity index (χ2n) is 3.32. The average Bonchev–Trinajstić information content (AvgIpc) is 2.80. The standard InChI is InChI=1S/C11H11N3O2/c1-8-4-5-10(14-13-8)11(15)12-7-9-3-2-6-16-9/h2-6H,7H2,1H3,(H,12,15). The quantitative estimate of drug-likeness (QED) is 0.841. The Labute approximate surface area is 92.5 Å². The van der Waals surface area contributed by atoms with E-state index >= 15 is 0 Å². The molecule has 0 atom stereocenters. The minimum Gasteiger partial charge on any atom is -0.467 e. The Morgan fingerprint density at radius 2 is 2.25 bits per heavy atom. The van der Waals surface area contributed by atoms with Gasteiger partial charge in [-0.3, -0.25) is 4.79 Å². The van der Waals surface area contributed by atoms with Crippen LogP contribution in [0.5, 0.6) is 0 Å². The highest BCUT2D eigenvalue weighted by atomic mass is 16.3. The number of furan rings is 1. The van der Waals surface area contributed by atoms with Crippen molar-refractivity contribution in [2.75, 3.05) is 0 Å². The van der Waals surface area contributed by atoms with Crippen LogP contribution in [0.25, 0.3) is 0 Å². The average molecular weight is 217 g/mol. The molecular weight excluding hydrogens is 206 g/mol. The molecule has 0 aliphatic carbocycles. The van der Waals surface area contributed by atoms with E-state index in [9.17, 15) is 4.79 Å². The van der Waals surface area contributed by atoms with Gasteiger partial charge in [0, 0.05) is 0 Å². The summed E-state index contributed by atoms with van der Waals surface area (Å²) in [5.41, 5.74) is 1.08. The highest BCUT2D eigenvalue weighted by Gasteiger charge is 2.07. The van der Waals surface area contributed by atoms with Crippen LogP contribution in [0, 0.1) is 6.92 Å². The summed E-state index contributed by atoms with van der Waals surface area (Å²) in [6, 6.07) is 6.95. The zero-order chi connectivity index (χ0) is 11.4. The summed E-state index contributed by atoms with van der Waals surface area (Å²) in [6.45, 7) is 2.17. The van der Waals surface area contributed by atoms with E-state index in [0.717, 1.165) is 5.69 Å². The summed E-state index contributed by atoms with van der Waals surface area (Å²) in [6.07, 6.45) is 1.56. The molecule has 0 aromatic carbocycles. The van der Waals surface area contributed by atoms with Gasteiger partial charge >= 0.3 is 0 Å². The normalized spacial score (nSPS) is 10.1. The highest BCUT2D eigenvalue weighted by molar-refractivity contribution is 5.91. The molecule has 0 unspecified atom stereocenters. The van der Waals surface area contributed by atoms with E-state index in [4.69, 9.17) is 4.42 Å². The van der Waals surface area contributed by atoms with Gasteiger partial charge in [-0.25, -0.2) is 0 Å². The molecule has 5 nitrogen and oxygen atoms in total. The van der Waals surface area contributed by atoms with Crippen LogP contribution < -0.4 is 5.32 Å². The van der Waals surface area contributed by atoms with Crippen LogP contribution in [-0.4, -0.2) is 16.1 Å². The number of aryl methyl sites for hydroxylation is 1. The minimum atomic E-state index is -0.260. The lowest BCUT2D eigenvalue weighted by atomic mass is 10.3. The van der Waals surface area contributed by atoms with Crippen molar-refractivity contribution >= 4 is 5.91 Å². The van der Waals surface area contributed by atoms with Crippen molar-refractivity contribution in [2.45, 2.75) is 13.5 Å². The fourth-order valence-electron chi connectivity index (χ4n) is 1.19. The lowest BCUT2D eigenvalue weighted by Crippen LogP contribution is -2.23. The van der Waals surface area contributed by atoms with Gasteiger partial charge in [-0.05, 0) is 31.2 Å². The summed E-state index contributed by atoms with van der Waals surface area (Å²) in [5.74, 6) is 0.442. The summed E-state index contributed by atoms with van der Waals surface area (Å²) >= 11 is 0. The number of nitrogens with zero attached hydrogens (tertiary/aromatic N) is 2. The molecule has 0 aliphatic heterocycles. The van der Waals surface area contributed by atoms with Gasteiger partial charge in [-0.1, -0.05) is 0 Å². The maximum absolute atomic E-state index is 11.6. The Balaban J connectivity index is 1.95. The molecule has 2 aromatic heterocycles. The summed E-state index contributed by atoms with van der Waals surface area (Å²) in [5, 5.41) is 10.3. The number of carbonyl (C=O) groups excluding carboxylic acids is 1. The number of hydrogen-bond donors (Lipinski definition) is 1. The Hall–Kier alpha value is -2.17. The largest absolute Gasteiger partial charge is 0.467 e. The minimum absolute atomic E-state index is 0.260. The molecule has 2 rings (SSSR count). The molecule has 0 saturated heterocycles. The smallest absolute Gasteiger partial charge is 0.272 e. The summed E-state index contributed by atoms with van der Waals surface area (Å²) in [4.78, 5) is 11.6. The van der Waals surface area contributed by atoms with E-state index in [-0.39, 0.29) is 5.91 Å². The Morgan fingerprint density at radius 1 is 1.38 bits per heavy atom. The van der Waals surface area contributed by atoms with Crippen molar-refractivity contribution in [3.63, 3.8) is 0 Å². The van der Waals surface area contributed by atoms with Crippen molar-refractivity contribution in [1.29, 1.82) is 0 Å². The topological polar surface area (TPSA) is 68.0 Å². The van der Waals surface area contributed by atoms with Crippen LogP contribution in [0.4, 0.5) is 0 Å². The maximum Gasteiger partial charge on any atom is 0.272 e. The predicted molar refractivity (Wildman–Crippen MR) is 56.6 cm³/mol. The lowest BCUT2D eigenvalue weighted by Gasteiger charge is -2.01. The van der Waals surface area contributed by atoms with Gasteiger partial charge < -0.3 is 9.73 Å². The third kappa shape index (κ3) is 2.44. The molecule has 0 radical (unpaired) electrons. The fraction of sp³-hybridized carbons (Fsp3) is 0.182. The first-order chi connectivity index (χ1) is 7.75. The maximum atomic E-state index is 11.6. The highest BCUT2D eigenvalue weighted by Crippen LogP contribution is 2.00. The fourth-order valence-corrected chi connectivity index (χ4v) is 1.19. The Bertz CT molecular complexity index is 462. The summed E-state index contributed by atoms with van der Waals surface area (Å²) < 4.78 is 5.09. The van der Waals surface area contributed by atoms with Gasteiger partial charge in [0.2, 0.25) is 0 Å². The molecule has 82 valence electrons. The molecule has 16 heavy (non-hydrogen) atoms. The molecule has 1 N–H and O–H groups in total. The second kappa shape index (κ2) is 4.57. The van der Waals surface area contributed by atoms with Crippen LogP contribution in [0.2, 0.25) is 0 Å². The van der Waals surface area contributed by atoms with Crippen LogP contribution in [-0.2, 0) is 6.54 Å². The van der Waals surface area contributed by atoms with E-state index in [2.05, 4.69) is 15.5 Å². The molecule has 0 spiro atoms. The van der Waals surface area contributed by atoms with E-state index < -0.39 is 0 Å². The molecule has 2 aromatic rings. The first-order valence-corrected chi connectivity index (χ1v) is 4.86. The van der Waals surface area contributed by atoms with Crippen molar-refractivity contribution < 1.29 is 9.21 Å². The molecule has 1 amide bonds. The van der Waals surface area contributed by atoms with Crippen molar-refractivity contribution in [1.82, 2.24) is 15.5 Å². The predicted octanol–water partition coefficient (Wildman–Crippen LogP) is 1.31. The third-order valence-electron chi connectivity index (χ3n) is 2.03. The molecular formula is C11H11N3O2. The molecule has 5 heteroatoms. The number of nitrogens with one attached hydrogen (secondary N) is 1. The number of amides is 1. The number of aromatic nitrogens is 2. The van der Waals surface area contributed by atoms with Crippen LogP contribution in [0.3, 0.4) is 0 Å². The van der Waals surface area contributed by atoms with Gasteiger partial charge in [0.15, 0.2) is 5.69 Å². The van der Waals surface area contributed by atoms with Gasteiger partial charge in [0.05, 0.1) is 18.5 Å². The van der Waals surface area contributed by atoms with Gasteiger partial charge in [-0.2, -0.15) is 5.10 Å². The monoisotopic (exact) mass is 217 g/mol. The van der Waals surface area contributed by atoms with Crippen LogP contribution in [0.1, 0.15) is 21.9 Å². The molecule has 0 saturated carbocycles. The molecule has 2 heterocycles. The number of carbonyl (C=O) groups is 1. The second-order valence-corrected chi connectivity index (χ2v) is 3.32. The zero-order valence-electron chi connectivity index (χ0n) is 8.80. The third-order valence-corrected chi connectivity index (χ3v) is 2.03. The Morgan fingerprint density at radius 3 is 2.88 bits per heavy atom. The molecule has 0 aliphatic rings. The van der Waals surface area contributed by atoms with E-state index in [1.165, 1.54) is 0 Å². The van der Waals surface area contributed by atoms with Gasteiger partial charge in [0.25, 0.3) is 5.91 Å². The van der Waals surface area contributed by atoms with Crippen molar-refractivity contribution in [3.8, 4) is 0 Å². The lowest BCUT2D eigenvalue weighted by molar-refractivity contribution is 0.0942. The first kappa shape index (κ1) is 10.4. The number of rotatable bonds is 3. The summed E-state index contributed by atoms with van der Waals surface area (Å²) in [7, 11) is 0. The van der Waals surface area contributed by atoms with E-state index in [1.54, 1.807) is 30.5 Å². The first-order valence-electron chi connectivity index (χ1n) is 4.86. The molecule has 0 bridgehead atoms. The van der Waals surface area contributed by atoms with E-state index in [1.807, 2.05) is 6.92 Å². The zero-order valence-corrected chi connectivity index (χ0v) is 8.80. The van der Waals surface area contributed by atoms with Gasteiger partial charge in [0.1, 0.15) is 5.76 Å². The van der Waals surface area contributed by atoms with Crippen molar-refractivity contribution in [3.05, 3.63) is 47.7 Å². The van der Waals surface area contributed by atoms with E-state index in [0.29, 0.717) is 18.0 Å². The number of hydrogen-bond acceptors (Lipinski definition) is 4. The molecule has 0 fully saturated rings. The van der Waals surface area contributed by atoms with Crippen molar-refractivity contribution in [2.24, 2.45) is 0 Å². The van der Waals surface area contributed by atoms with Crippen LogP contribution >= 0.6 is 0 Å². The Kier molecular flexibility index (Phi) is 2.95.